The highest BCUT2D eigenvalue weighted by Gasteiger charge is 2.38. The minimum atomic E-state index is -1.72. The Morgan fingerprint density at radius 1 is 1.03 bits per heavy atom. The minimum absolute atomic E-state index is 0.0509. The van der Waals surface area contributed by atoms with Crippen LogP contribution in [0.3, 0.4) is 0 Å². The number of Topliss-reactive ketones (excluding diaryl/α,β-unsaturated/α-hetero) is 1. The van der Waals surface area contributed by atoms with Gasteiger partial charge in [-0.15, -0.1) is 5.10 Å². The molecule has 1 aromatic heterocycles. The first-order valence-electron chi connectivity index (χ1n) is 10.9. The van der Waals surface area contributed by atoms with Gasteiger partial charge in [-0.3, -0.25) is 9.59 Å². The molecule has 190 valence electrons. The molecule has 10 nitrogen and oxygen atoms in total. The van der Waals surface area contributed by atoms with Crippen molar-refractivity contribution in [3.05, 3.63) is 64.1 Å². The number of hydrogen-bond donors (Lipinski definition) is 1. The summed E-state index contributed by atoms with van der Waals surface area (Å²) < 4.78 is 11.6. The highest BCUT2D eigenvalue weighted by atomic mass is 35.5. The van der Waals surface area contributed by atoms with Gasteiger partial charge in [0.2, 0.25) is 6.04 Å². The van der Waals surface area contributed by atoms with Gasteiger partial charge in [-0.05, 0) is 48.9 Å². The van der Waals surface area contributed by atoms with Crippen molar-refractivity contribution in [2.24, 2.45) is 5.73 Å². The molecule has 2 atom stereocenters. The number of tetrazole rings is 1. The molecule has 0 saturated carbocycles. The molecule has 0 amide bonds. The van der Waals surface area contributed by atoms with Gasteiger partial charge in [0.1, 0.15) is 12.2 Å². The van der Waals surface area contributed by atoms with E-state index in [1.165, 1.54) is 0 Å². The Hall–Kier alpha value is -3.34. The number of aromatic nitrogens is 4. The molecular formula is C24H25Cl2N5O5. The van der Waals surface area contributed by atoms with Gasteiger partial charge in [0.15, 0.2) is 11.6 Å². The van der Waals surface area contributed by atoms with Crippen LogP contribution in [0.1, 0.15) is 38.8 Å². The van der Waals surface area contributed by atoms with Gasteiger partial charge in [-0.25, -0.2) is 9.48 Å². The van der Waals surface area contributed by atoms with Gasteiger partial charge in [0.05, 0.1) is 28.1 Å². The highest BCUT2D eigenvalue weighted by Crippen LogP contribution is 2.34. The number of esters is 2. The van der Waals surface area contributed by atoms with Crippen molar-refractivity contribution in [3.63, 3.8) is 0 Å². The standard InChI is InChI=1S/C24H25Cl2N5O5/c1-24(2,3)36-18(32)12-17(27)21(33)20(23(34)35-13-14-8-5-4-6-9-14)31-22(28-29-30-31)19-15(25)10-7-11-16(19)26/h4-11,17,20H,12-13,27H2,1-3H3. The first-order valence-corrected chi connectivity index (χ1v) is 11.7. The maximum atomic E-state index is 13.4. The van der Waals surface area contributed by atoms with Crippen molar-refractivity contribution in [2.45, 2.75) is 51.5 Å². The number of rotatable bonds is 9. The fourth-order valence-electron chi connectivity index (χ4n) is 3.25. The van der Waals surface area contributed by atoms with Gasteiger partial charge in [-0.1, -0.05) is 59.6 Å². The second-order valence-electron chi connectivity index (χ2n) is 8.84. The molecule has 0 spiro atoms. The SMILES string of the molecule is CC(C)(C)OC(=O)CC(N)C(=O)C(C(=O)OCc1ccccc1)n1nnnc1-c1c(Cl)cccc1Cl. The summed E-state index contributed by atoms with van der Waals surface area (Å²) >= 11 is 12.6. The molecule has 1 heterocycles. The number of nitrogens with zero attached hydrogens (tertiary/aromatic N) is 4. The Balaban J connectivity index is 1.95. The van der Waals surface area contributed by atoms with Crippen LogP contribution in [0.5, 0.6) is 0 Å². The molecule has 3 rings (SSSR count). The lowest BCUT2D eigenvalue weighted by molar-refractivity contribution is -0.158. The maximum absolute atomic E-state index is 13.4. The summed E-state index contributed by atoms with van der Waals surface area (Å²) in [5.74, 6) is -2.58. The quantitative estimate of drug-likeness (QED) is 0.322. The maximum Gasteiger partial charge on any atom is 0.339 e. The van der Waals surface area contributed by atoms with E-state index >= 15 is 0 Å². The van der Waals surface area contributed by atoms with Crippen molar-refractivity contribution in [2.75, 3.05) is 0 Å². The van der Waals surface area contributed by atoms with E-state index in [0.717, 1.165) is 4.68 Å². The average molecular weight is 534 g/mol. The van der Waals surface area contributed by atoms with E-state index in [1.807, 2.05) is 6.07 Å². The lowest BCUT2D eigenvalue weighted by atomic mass is 10.0. The topological polar surface area (TPSA) is 139 Å². The van der Waals surface area contributed by atoms with Gasteiger partial charge in [-0.2, -0.15) is 0 Å². The molecule has 0 bridgehead atoms. The molecule has 0 aliphatic rings. The number of ether oxygens (including phenoxy) is 2. The van der Waals surface area contributed by atoms with Crippen LogP contribution < -0.4 is 5.73 Å². The second-order valence-corrected chi connectivity index (χ2v) is 9.65. The normalized spacial score (nSPS) is 13.1. The van der Waals surface area contributed by atoms with Crippen LogP contribution in [0.2, 0.25) is 10.0 Å². The predicted octanol–water partition coefficient (Wildman–Crippen LogP) is 3.56. The lowest BCUT2D eigenvalue weighted by Gasteiger charge is -2.22. The smallest absolute Gasteiger partial charge is 0.339 e. The second kappa shape index (κ2) is 11.6. The number of carbonyl (C=O) groups excluding carboxylic acids is 3. The number of hydrogen-bond acceptors (Lipinski definition) is 9. The molecule has 0 aliphatic carbocycles. The van der Waals surface area contributed by atoms with Crippen molar-refractivity contribution in [1.29, 1.82) is 0 Å². The Labute approximate surface area is 217 Å². The zero-order valence-corrected chi connectivity index (χ0v) is 21.4. The Bertz CT molecular complexity index is 1220. The van der Waals surface area contributed by atoms with Crippen molar-refractivity contribution >= 4 is 40.9 Å². The molecule has 2 aromatic carbocycles. The van der Waals surface area contributed by atoms with Crippen LogP contribution in [-0.4, -0.2) is 49.6 Å². The van der Waals surface area contributed by atoms with Crippen molar-refractivity contribution in [3.8, 4) is 11.4 Å². The monoisotopic (exact) mass is 533 g/mol. The van der Waals surface area contributed by atoms with Crippen LogP contribution in [0.25, 0.3) is 11.4 Å². The van der Waals surface area contributed by atoms with E-state index < -0.39 is 41.8 Å². The fraction of sp³-hybridized carbons (Fsp3) is 0.333. The number of halogens is 2. The van der Waals surface area contributed by atoms with Crippen LogP contribution in [0, 0.1) is 0 Å². The number of ketones is 1. The van der Waals surface area contributed by atoms with Gasteiger partial charge >= 0.3 is 11.9 Å². The summed E-state index contributed by atoms with van der Waals surface area (Å²) in [7, 11) is 0. The van der Waals surface area contributed by atoms with Gasteiger partial charge in [0.25, 0.3) is 0 Å². The summed E-state index contributed by atoms with van der Waals surface area (Å²) in [4.78, 5) is 39.0. The first kappa shape index (κ1) is 27.3. The molecule has 0 saturated heterocycles. The summed E-state index contributed by atoms with van der Waals surface area (Å²) in [6.07, 6.45) is -0.469. The summed E-state index contributed by atoms with van der Waals surface area (Å²) in [6, 6.07) is 10.5. The van der Waals surface area contributed by atoms with Crippen LogP contribution in [0.15, 0.2) is 48.5 Å². The minimum Gasteiger partial charge on any atom is -0.460 e. The van der Waals surface area contributed by atoms with Crippen LogP contribution in [0.4, 0.5) is 0 Å². The summed E-state index contributed by atoms with van der Waals surface area (Å²) in [5, 5.41) is 11.8. The largest absolute Gasteiger partial charge is 0.460 e. The zero-order valence-electron chi connectivity index (χ0n) is 19.9. The first-order chi connectivity index (χ1) is 17.0. The van der Waals surface area contributed by atoms with Gasteiger partial charge < -0.3 is 15.2 Å². The number of benzene rings is 2. The molecule has 2 unspecified atom stereocenters. The molecule has 0 aliphatic heterocycles. The summed E-state index contributed by atoms with van der Waals surface area (Å²) in [6.45, 7) is 4.93. The average Bonchev–Trinajstić information content (AvgIpc) is 3.25. The van der Waals surface area contributed by atoms with E-state index in [4.69, 9.17) is 38.4 Å². The molecule has 3 aromatic rings. The van der Waals surface area contributed by atoms with E-state index in [-0.39, 0.29) is 28.0 Å². The van der Waals surface area contributed by atoms with E-state index in [1.54, 1.807) is 63.2 Å². The molecule has 0 radical (unpaired) electrons. The van der Waals surface area contributed by atoms with E-state index in [0.29, 0.717) is 5.56 Å². The zero-order chi connectivity index (χ0) is 26.5. The molecular weight excluding hydrogens is 509 g/mol. The molecule has 36 heavy (non-hydrogen) atoms. The van der Waals surface area contributed by atoms with Crippen LogP contribution in [-0.2, 0) is 30.5 Å². The van der Waals surface area contributed by atoms with Crippen LogP contribution >= 0.6 is 23.2 Å². The van der Waals surface area contributed by atoms with E-state index in [2.05, 4.69) is 15.5 Å². The third-order valence-corrected chi connectivity index (χ3v) is 5.44. The Kier molecular flexibility index (Phi) is 8.78. The van der Waals surface area contributed by atoms with Crippen molar-refractivity contribution < 1.29 is 23.9 Å². The molecule has 0 fully saturated rings. The third-order valence-electron chi connectivity index (χ3n) is 4.81. The number of nitrogens with two attached hydrogens (primary N) is 1. The highest BCUT2D eigenvalue weighted by molar-refractivity contribution is 6.39. The van der Waals surface area contributed by atoms with Gasteiger partial charge in [0, 0.05) is 0 Å². The Morgan fingerprint density at radius 2 is 1.67 bits per heavy atom. The molecule has 12 heteroatoms. The third kappa shape index (κ3) is 6.87. The fourth-order valence-corrected chi connectivity index (χ4v) is 3.82. The molecule has 2 N–H and O–H groups in total. The number of carbonyl (C=O) groups is 3. The van der Waals surface area contributed by atoms with E-state index in [9.17, 15) is 14.4 Å². The van der Waals surface area contributed by atoms with Crippen molar-refractivity contribution in [1.82, 2.24) is 20.2 Å². The lowest BCUT2D eigenvalue weighted by Crippen LogP contribution is -2.43. The predicted molar refractivity (Wildman–Crippen MR) is 132 cm³/mol. The Morgan fingerprint density at radius 3 is 2.28 bits per heavy atom. The summed E-state index contributed by atoms with van der Waals surface area (Å²) in [5.41, 5.74) is 6.17.